The maximum absolute atomic E-state index is 13.5. The third kappa shape index (κ3) is 7.75. The number of aliphatic imine (C=N–C) groups is 1. The SMILES string of the molecule is CN=C(NCCCOCC1CCOCC1)NCCc1c[nH]c2ccc(F)cc12.I. The summed E-state index contributed by atoms with van der Waals surface area (Å²) in [6.07, 6.45) is 5.89. The standard InChI is InChI=1S/C21H31FN4O2.HI/c1-23-21(24-8-2-10-28-15-16-6-11-27-12-7-16)25-9-5-17-14-26-20-4-3-18(22)13-19(17)20;/h3-4,13-14,16,26H,2,5-12,15H2,1H3,(H2,23,24,25);1H. The molecule has 0 spiro atoms. The fraction of sp³-hybridized carbons (Fsp3) is 0.571. The van der Waals surface area contributed by atoms with Gasteiger partial charge in [-0.3, -0.25) is 4.99 Å². The zero-order valence-corrected chi connectivity index (χ0v) is 19.3. The zero-order chi connectivity index (χ0) is 19.6. The molecule has 0 atom stereocenters. The van der Waals surface area contributed by atoms with Crippen LogP contribution < -0.4 is 10.6 Å². The molecule has 0 aliphatic carbocycles. The molecule has 0 saturated carbocycles. The van der Waals surface area contributed by atoms with Crippen LogP contribution in [0.4, 0.5) is 4.39 Å². The second kappa shape index (κ2) is 13.0. The van der Waals surface area contributed by atoms with Crippen LogP contribution in [0, 0.1) is 11.7 Å². The lowest BCUT2D eigenvalue weighted by Gasteiger charge is -2.21. The van der Waals surface area contributed by atoms with E-state index in [0.29, 0.717) is 5.92 Å². The van der Waals surface area contributed by atoms with Crippen LogP contribution in [0.25, 0.3) is 10.9 Å². The van der Waals surface area contributed by atoms with Gasteiger partial charge in [0.2, 0.25) is 0 Å². The summed E-state index contributed by atoms with van der Waals surface area (Å²) in [7, 11) is 1.76. The number of nitrogens with zero attached hydrogens (tertiary/aromatic N) is 1. The Morgan fingerprint density at radius 1 is 1.28 bits per heavy atom. The number of guanidine groups is 1. The highest BCUT2D eigenvalue weighted by Crippen LogP contribution is 2.19. The van der Waals surface area contributed by atoms with Gasteiger partial charge in [-0.1, -0.05) is 0 Å². The number of H-pyrrole nitrogens is 1. The van der Waals surface area contributed by atoms with E-state index in [1.165, 1.54) is 6.07 Å². The van der Waals surface area contributed by atoms with Crippen LogP contribution in [0.1, 0.15) is 24.8 Å². The predicted molar refractivity (Wildman–Crippen MR) is 126 cm³/mol. The summed E-state index contributed by atoms with van der Waals surface area (Å²) in [4.78, 5) is 7.43. The van der Waals surface area contributed by atoms with E-state index >= 15 is 0 Å². The first-order valence-corrected chi connectivity index (χ1v) is 10.1. The van der Waals surface area contributed by atoms with Gasteiger partial charge in [0.25, 0.3) is 0 Å². The van der Waals surface area contributed by atoms with Crippen molar-refractivity contribution in [1.82, 2.24) is 15.6 Å². The molecule has 3 rings (SSSR count). The first kappa shape index (κ1) is 23.9. The van der Waals surface area contributed by atoms with Crippen LogP contribution in [0.2, 0.25) is 0 Å². The van der Waals surface area contributed by atoms with E-state index in [9.17, 15) is 4.39 Å². The van der Waals surface area contributed by atoms with Crippen molar-refractivity contribution in [3.05, 3.63) is 35.8 Å². The van der Waals surface area contributed by atoms with Gasteiger partial charge in [-0.2, -0.15) is 0 Å². The molecule has 1 aromatic carbocycles. The maximum atomic E-state index is 13.5. The first-order valence-electron chi connectivity index (χ1n) is 10.1. The van der Waals surface area contributed by atoms with Gasteiger partial charge in [-0.15, -0.1) is 24.0 Å². The van der Waals surface area contributed by atoms with Crippen LogP contribution in [-0.4, -0.2) is 57.5 Å². The molecule has 1 saturated heterocycles. The van der Waals surface area contributed by atoms with Gasteiger partial charge in [0.1, 0.15) is 5.82 Å². The average Bonchev–Trinajstić information content (AvgIpc) is 3.12. The number of fused-ring (bicyclic) bond motifs is 1. The second-order valence-corrected chi connectivity index (χ2v) is 7.16. The minimum atomic E-state index is -0.210. The van der Waals surface area contributed by atoms with E-state index in [4.69, 9.17) is 9.47 Å². The summed E-state index contributed by atoms with van der Waals surface area (Å²) in [5.41, 5.74) is 2.05. The molecule has 0 bridgehead atoms. The molecule has 1 aliphatic heterocycles. The Bertz CT molecular complexity index is 762. The summed E-state index contributed by atoms with van der Waals surface area (Å²) in [5, 5.41) is 7.55. The lowest BCUT2D eigenvalue weighted by Crippen LogP contribution is -2.39. The number of rotatable bonds is 9. The molecule has 2 heterocycles. The van der Waals surface area contributed by atoms with E-state index in [1.807, 2.05) is 6.20 Å². The van der Waals surface area contributed by atoms with Crippen LogP contribution in [0.3, 0.4) is 0 Å². The molecule has 0 amide bonds. The van der Waals surface area contributed by atoms with Gasteiger partial charge < -0.3 is 25.1 Å². The Morgan fingerprint density at radius 2 is 2.07 bits per heavy atom. The second-order valence-electron chi connectivity index (χ2n) is 7.16. The Balaban J connectivity index is 0.00000300. The van der Waals surface area contributed by atoms with E-state index in [2.05, 4.69) is 20.6 Å². The monoisotopic (exact) mass is 518 g/mol. The Labute approximate surface area is 189 Å². The Kier molecular flexibility index (Phi) is 10.7. The molecule has 1 aliphatic rings. The molecule has 1 fully saturated rings. The van der Waals surface area contributed by atoms with E-state index in [0.717, 1.165) is 87.6 Å². The molecular formula is C21H32FIN4O2. The van der Waals surface area contributed by atoms with E-state index in [-0.39, 0.29) is 29.8 Å². The van der Waals surface area contributed by atoms with E-state index in [1.54, 1.807) is 19.2 Å². The molecule has 2 aromatic rings. The van der Waals surface area contributed by atoms with Gasteiger partial charge in [-0.05, 0) is 55.4 Å². The van der Waals surface area contributed by atoms with Crippen molar-refractivity contribution in [2.45, 2.75) is 25.7 Å². The molecule has 8 heteroatoms. The van der Waals surface area contributed by atoms with Gasteiger partial charge >= 0.3 is 0 Å². The van der Waals surface area contributed by atoms with Crippen molar-refractivity contribution in [3.63, 3.8) is 0 Å². The number of ether oxygens (including phenoxy) is 2. The van der Waals surface area contributed by atoms with Crippen LogP contribution in [-0.2, 0) is 15.9 Å². The normalized spacial score (nSPS) is 15.3. The summed E-state index contributed by atoms with van der Waals surface area (Å²) in [5.74, 6) is 1.21. The summed E-state index contributed by atoms with van der Waals surface area (Å²) >= 11 is 0. The number of nitrogens with one attached hydrogen (secondary N) is 3. The number of hydrogen-bond donors (Lipinski definition) is 3. The lowest BCUT2D eigenvalue weighted by atomic mass is 10.0. The van der Waals surface area contributed by atoms with Crippen LogP contribution >= 0.6 is 24.0 Å². The first-order chi connectivity index (χ1) is 13.8. The largest absolute Gasteiger partial charge is 0.381 e. The Morgan fingerprint density at radius 3 is 2.86 bits per heavy atom. The highest BCUT2D eigenvalue weighted by Gasteiger charge is 2.13. The van der Waals surface area contributed by atoms with Gasteiger partial charge in [0.15, 0.2) is 5.96 Å². The predicted octanol–water partition coefficient (Wildman–Crippen LogP) is 3.47. The average molecular weight is 518 g/mol. The van der Waals surface area contributed by atoms with Crippen molar-refractivity contribution in [3.8, 4) is 0 Å². The molecule has 0 radical (unpaired) electrons. The summed E-state index contributed by atoms with van der Waals surface area (Å²) < 4.78 is 24.6. The molecule has 0 unspecified atom stereocenters. The highest BCUT2D eigenvalue weighted by molar-refractivity contribution is 14.0. The quantitative estimate of drug-likeness (QED) is 0.206. The molecule has 6 nitrogen and oxygen atoms in total. The Hall–Kier alpha value is -1.39. The van der Waals surface area contributed by atoms with Gasteiger partial charge in [0, 0.05) is 63.7 Å². The van der Waals surface area contributed by atoms with Gasteiger partial charge in [-0.25, -0.2) is 4.39 Å². The van der Waals surface area contributed by atoms with Gasteiger partial charge in [0.05, 0.1) is 0 Å². The minimum Gasteiger partial charge on any atom is -0.381 e. The smallest absolute Gasteiger partial charge is 0.190 e. The molecular weight excluding hydrogens is 486 g/mol. The molecule has 3 N–H and O–H groups in total. The van der Waals surface area contributed by atoms with E-state index < -0.39 is 0 Å². The fourth-order valence-electron chi connectivity index (χ4n) is 3.44. The van der Waals surface area contributed by atoms with Crippen molar-refractivity contribution in [1.29, 1.82) is 0 Å². The van der Waals surface area contributed by atoms with Crippen LogP contribution in [0.15, 0.2) is 29.4 Å². The zero-order valence-electron chi connectivity index (χ0n) is 17.0. The number of benzene rings is 1. The fourth-order valence-corrected chi connectivity index (χ4v) is 3.44. The number of hydrogen-bond acceptors (Lipinski definition) is 3. The summed E-state index contributed by atoms with van der Waals surface area (Å²) in [6, 6.07) is 4.82. The summed E-state index contributed by atoms with van der Waals surface area (Å²) in [6.45, 7) is 4.86. The maximum Gasteiger partial charge on any atom is 0.190 e. The van der Waals surface area contributed by atoms with Crippen molar-refractivity contribution >= 4 is 40.8 Å². The van der Waals surface area contributed by atoms with Crippen molar-refractivity contribution in [2.24, 2.45) is 10.9 Å². The van der Waals surface area contributed by atoms with Crippen molar-refractivity contribution in [2.75, 3.05) is 46.6 Å². The molecule has 1 aromatic heterocycles. The lowest BCUT2D eigenvalue weighted by molar-refractivity contribution is 0.0203. The number of halogens is 2. The highest BCUT2D eigenvalue weighted by atomic mass is 127. The number of aromatic amines is 1. The molecule has 29 heavy (non-hydrogen) atoms. The van der Waals surface area contributed by atoms with Crippen molar-refractivity contribution < 1.29 is 13.9 Å². The topological polar surface area (TPSA) is 70.7 Å². The minimum absolute atomic E-state index is 0. The third-order valence-corrected chi connectivity index (χ3v) is 5.09. The third-order valence-electron chi connectivity index (χ3n) is 5.09. The van der Waals surface area contributed by atoms with Crippen LogP contribution in [0.5, 0.6) is 0 Å². The molecule has 162 valence electrons. The number of aromatic nitrogens is 1.